The van der Waals surface area contributed by atoms with Gasteiger partial charge in [-0.15, -0.1) is 0 Å². The molecule has 3 rings (SSSR count). The Kier molecular flexibility index (Phi) is 3.42. The summed E-state index contributed by atoms with van der Waals surface area (Å²) in [5.74, 6) is 0.0417. The zero-order valence-corrected chi connectivity index (χ0v) is 11.0. The number of rotatable bonds is 3. The molecule has 2 atom stereocenters. The summed E-state index contributed by atoms with van der Waals surface area (Å²) in [5.41, 5.74) is 2.10. The largest absolute Gasteiger partial charge is 0.485 e. The molecule has 1 aliphatic heterocycles. The first-order chi connectivity index (χ1) is 9.74. The van der Waals surface area contributed by atoms with Crippen molar-refractivity contribution in [2.45, 2.75) is 24.9 Å². The van der Waals surface area contributed by atoms with Crippen molar-refractivity contribution in [3.05, 3.63) is 65.7 Å². The van der Waals surface area contributed by atoms with Crippen molar-refractivity contribution >= 4 is 5.97 Å². The van der Waals surface area contributed by atoms with E-state index in [1.807, 2.05) is 54.6 Å². The van der Waals surface area contributed by atoms with Gasteiger partial charge in [0.2, 0.25) is 0 Å². The highest BCUT2D eigenvalue weighted by Gasteiger charge is 2.30. The smallest absolute Gasteiger partial charge is 0.303 e. The summed E-state index contributed by atoms with van der Waals surface area (Å²) in [4.78, 5) is 11.1. The number of fused-ring (bicyclic) bond motifs is 1. The van der Waals surface area contributed by atoms with Crippen LogP contribution >= 0.6 is 0 Å². The second-order valence-corrected chi connectivity index (χ2v) is 5.09. The van der Waals surface area contributed by atoms with Gasteiger partial charge in [-0.2, -0.15) is 0 Å². The lowest BCUT2D eigenvalue weighted by molar-refractivity contribution is -0.137. The summed E-state index contributed by atoms with van der Waals surface area (Å²) in [6.07, 6.45) is 0.771. The number of para-hydroxylation sites is 1. The van der Waals surface area contributed by atoms with Crippen molar-refractivity contribution < 1.29 is 14.6 Å². The van der Waals surface area contributed by atoms with Crippen molar-refractivity contribution in [2.75, 3.05) is 0 Å². The Hall–Kier alpha value is -2.29. The van der Waals surface area contributed by atoms with Gasteiger partial charge in [0.15, 0.2) is 0 Å². The maximum absolute atomic E-state index is 11.1. The van der Waals surface area contributed by atoms with Gasteiger partial charge in [-0.3, -0.25) is 4.79 Å². The maximum Gasteiger partial charge on any atom is 0.303 e. The number of ether oxygens (including phenoxy) is 1. The zero-order valence-electron chi connectivity index (χ0n) is 11.0. The number of hydrogen-bond acceptors (Lipinski definition) is 2. The van der Waals surface area contributed by atoms with Crippen LogP contribution in [0, 0.1) is 0 Å². The van der Waals surface area contributed by atoms with Crippen LogP contribution in [-0.4, -0.2) is 11.1 Å². The fourth-order valence-electron chi connectivity index (χ4n) is 2.79. The summed E-state index contributed by atoms with van der Waals surface area (Å²) in [5, 5.41) is 9.11. The Morgan fingerprint density at radius 1 is 1.10 bits per heavy atom. The van der Waals surface area contributed by atoms with Gasteiger partial charge in [0.05, 0.1) is 6.42 Å². The van der Waals surface area contributed by atoms with Crippen LogP contribution in [0.2, 0.25) is 0 Å². The van der Waals surface area contributed by atoms with E-state index in [4.69, 9.17) is 9.84 Å². The number of carboxylic acids is 1. The molecule has 0 unspecified atom stereocenters. The monoisotopic (exact) mass is 268 g/mol. The van der Waals surface area contributed by atoms with Crippen molar-refractivity contribution in [1.29, 1.82) is 0 Å². The fraction of sp³-hybridized carbons (Fsp3) is 0.235. The Morgan fingerprint density at radius 2 is 1.80 bits per heavy atom. The molecular weight excluding hydrogens is 252 g/mol. The lowest BCUT2D eigenvalue weighted by atomic mass is 9.85. The first-order valence-corrected chi connectivity index (χ1v) is 6.76. The molecule has 3 heteroatoms. The van der Waals surface area contributed by atoms with Gasteiger partial charge in [-0.1, -0.05) is 48.5 Å². The van der Waals surface area contributed by atoms with Gasteiger partial charge >= 0.3 is 5.97 Å². The SMILES string of the molecule is O=C(O)C[C@H]1C[C@H](c2ccccc2)Oc2ccccc21. The molecule has 0 radical (unpaired) electrons. The number of aliphatic carboxylic acids is 1. The normalized spacial score (nSPS) is 20.8. The summed E-state index contributed by atoms with van der Waals surface area (Å²) >= 11 is 0. The highest BCUT2D eigenvalue weighted by Crippen LogP contribution is 2.43. The molecule has 0 fully saturated rings. The van der Waals surface area contributed by atoms with Gasteiger partial charge in [0, 0.05) is 5.92 Å². The number of hydrogen-bond donors (Lipinski definition) is 1. The molecule has 0 aromatic heterocycles. The summed E-state index contributed by atoms with van der Waals surface area (Å²) in [6, 6.07) is 17.7. The molecule has 1 heterocycles. The van der Waals surface area contributed by atoms with Crippen LogP contribution in [0.25, 0.3) is 0 Å². The molecule has 102 valence electrons. The third kappa shape index (κ3) is 2.52. The minimum Gasteiger partial charge on any atom is -0.485 e. The molecule has 0 spiro atoms. The van der Waals surface area contributed by atoms with Crippen molar-refractivity contribution in [3.63, 3.8) is 0 Å². The molecule has 1 aliphatic rings. The van der Waals surface area contributed by atoms with E-state index < -0.39 is 5.97 Å². The average molecular weight is 268 g/mol. The van der Waals surface area contributed by atoms with Gasteiger partial charge < -0.3 is 9.84 Å². The summed E-state index contributed by atoms with van der Waals surface area (Å²) in [6.45, 7) is 0. The first kappa shape index (κ1) is 12.7. The van der Waals surface area contributed by atoms with Crippen molar-refractivity contribution in [1.82, 2.24) is 0 Å². The second kappa shape index (κ2) is 5.37. The Labute approximate surface area is 117 Å². The summed E-state index contributed by atoms with van der Waals surface area (Å²) in [7, 11) is 0. The van der Waals surface area contributed by atoms with Gasteiger partial charge in [-0.05, 0) is 23.6 Å². The Balaban J connectivity index is 1.94. The van der Waals surface area contributed by atoms with Crippen molar-refractivity contribution in [3.8, 4) is 5.75 Å². The van der Waals surface area contributed by atoms with Crippen LogP contribution in [0.5, 0.6) is 5.75 Å². The van der Waals surface area contributed by atoms with Crippen LogP contribution in [0.1, 0.15) is 36.0 Å². The molecule has 0 bridgehead atoms. The van der Waals surface area contributed by atoms with Crippen LogP contribution in [0.4, 0.5) is 0 Å². The molecule has 0 saturated carbocycles. The third-order valence-electron chi connectivity index (χ3n) is 3.72. The molecule has 3 nitrogen and oxygen atoms in total. The molecule has 0 saturated heterocycles. The van der Waals surface area contributed by atoms with Crippen LogP contribution in [0.3, 0.4) is 0 Å². The minimum absolute atomic E-state index is 0.00246. The molecule has 2 aromatic rings. The number of carbonyl (C=O) groups is 1. The maximum atomic E-state index is 11.1. The van der Waals surface area contributed by atoms with Crippen molar-refractivity contribution in [2.24, 2.45) is 0 Å². The minimum atomic E-state index is -0.765. The van der Waals surface area contributed by atoms with Gasteiger partial charge in [0.1, 0.15) is 11.9 Å². The van der Waals surface area contributed by atoms with E-state index in [0.29, 0.717) is 6.42 Å². The topological polar surface area (TPSA) is 46.5 Å². The molecular formula is C17H16O3. The fourth-order valence-corrected chi connectivity index (χ4v) is 2.79. The quantitative estimate of drug-likeness (QED) is 0.921. The predicted octanol–water partition coefficient (Wildman–Crippen LogP) is 3.77. The highest BCUT2D eigenvalue weighted by molar-refractivity contribution is 5.68. The van der Waals surface area contributed by atoms with E-state index in [-0.39, 0.29) is 18.4 Å². The molecule has 1 N–H and O–H groups in total. The summed E-state index contributed by atoms with van der Waals surface area (Å²) < 4.78 is 6.04. The Bertz CT molecular complexity index is 607. The van der Waals surface area contributed by atoms with Crippen LogP contribution < -0.4 is 4.74 Å². The van der Waals surface area contributed by atoms with E-state index in [0.717, 1.165) is 16.9 Å². The number of carboxylic acid groups (broad SMARTS) is 1. The van der Waals surface area contributed by atoms with Crippen LogP contribution in [0.15, 0.2) is 54.6 Å². The van der Waals surface area contributed by atoms with E-state index >= 15 is 0 Å². The van der Waals surface area contributed by atoms with Crippen LogP contribution in [-0.2, 0) is 4.79 Å². The lowest BCUT2D eigenvalue weighted by Gasteiger charge is -2.31. The third-order valence-corrected chi connectivity index (χ3v) is 3.72. The lowest BCUT2D eigenvalue weighted by Crippen LogP contribution is -2.21. The van der Waals surface area contributed by atoms with E-state index in [1.54, 1.807) is 0 Å². The average Bonchev–Trinajstić information content (AvgIpc) is 2.47. The molecule has 0 aliphatic carbocycles. The zero-order chi connectivity index (χ0) is 13.9. The molecule has 0 amide bonds. The predicted molar refractivity (Wildman–Crippen MR) is 75.9 cm³/mol. The van der Waals surface area contributed by atoms with Gasteiger partial charge in [-0.25, -0.2) is 0 Å². The van der Waals surface area contributed by atoms with Gasteiger partial charge in [0.25, 0.3) is 0 Å². The number of benzene rings is 2. The van der Waals surface area contributed by atoms with E-state index in [2.05, 4.69) is 0 Å². The van der Waals surface area contributed by atoms with E-state index in [1.165, 1.54) is 0 Å². The highest BCUT2D eigenvalue weighted by atomic mass is 16.5. The van der Waals surface area contributed by atoms with E-state index in [9.17, 15) is 4.79 Å². The Morgan fingerprint density at radius 3 is 2.55 bits per heavy atom. The first-order valence-electron chi connectivity index (χ1n) is 6.76. The molecule has 20 heavy (non-hydrogen) atoms. The second-order valence-electron chi connectivity index (χ2n) is 5.09. The standard InChI is InChI=1S/C17H16O3/c18-17(19)11-13-10-16(12-6-2-1-3-7-12)20-15-9-5-4-8-14(13)15/h1-9,13,16H,10-11H2,(H,18,19)/t13-,16-/m1/s1. The molecule has 2 aromatic carbocycles.